The molecule has 1 fully saturated rings. The zero-order valence-corrected chi connectivity index (χ0v) is 17.2. The number of aryl methyl sites for hydroxylation is 1. The third-order valence-corrected chi connectivity index (χ3v) is 5.53. The van der Waals surface area contributed by atoms with Gasteiger partial charge in [-0.3, -0.25) is 4.90 Å². The van der Waals surface area contributed by atoms with Crippen molar-refractivity contribution in [3.05, 3.63) is 59.3 Å². The second-order valence-corrected chi connectivity index (χ2v) is 7.71. The summed E-state index contributed by atoms with van der Waals surface area (Å²) in [5, 5.41) is 3.14. The topological polar surface area (TPSA) is 60.1 Å². The molecule has 4 rings (SSSR count). The molecule has 3 aromatic rings. The molecule has 1 saturated heterocycles. The highest BCUT2D eigenvalue weighted by molar-refractivity contribution is 5.69. The second kappa shape index (κ2) is 8.31. The summed E-state index contributed by atoms with van der Waals surface area (Å²) >= 11 is 0. The van der Waals surface area contributed by atoms with Crippen molar-refractivity contribution in [1.82, 2.24) is 24.8 Å². The monoisotopic (exact) mass is 394 g/mol. The number of hydrogen-bond acceptors (Lipinski definition) is 5. The first kappa shape index (κ1) is 19.5. The van der Waals surface area contributed by atoms with Gasteiger partial charge in [-0.05, 0) is 56.8 Å². The molecule has 7 heteroatoms. The van der Waals surface area contributed by atoms with E-state index in [2.05, 4.69) is 46.0 Å². The maximum absolute atomic E-state index is 13.1. The minimum absolute atomic E-state index is 0.267. The molecule has 1 aliphatic heterocycles. The van der Waals surface area contributed by atoms with E-state index in [0.29, 0.717) is 5.95 Å². The van der Waals surface area contributed by atoms with Crippen molar-refractivity contribution >= 4 is 11.6 Å². The van der Waals surface area contributed by atoms with E-state index in [0.717, 1.165) is 55.4 Å². The fourth-order valence-electron chi connectivity index (χ4n) is 3.81. The van der Waals surface area contributed by atoms with Crippen molar-refractivity contribution in [2.75, 3.05) is 38.5 Å². The fourth-order valence-corrected chi connectivity index (χ4v) is 3.81. The van der Waals surface area contributed by atoms with Gasteiger partial charge in [0.25, 0.3) is 0 Å². The number of hydrogen-bond donors (Lipinski definition) is 2. The van der Waals surface area contributed by atoms with Crippen LogP contribution in [0.5, 0.6) is 0 Å². The summed E-state index contributed by atoms with van der Waals surface area (Å²) in [5.41, 5.74) is 6.33. The number of aromatic amines is 1. The van der Waals surface area contributed by atoms with E-state index in [1.165, 1.54) is 23.4 Å². The molecule has 152 valence electrons. The average molecular weight is 394 g/mol. The second-order valence-electron chi connectivity index (χ2n) is 7.71. The largest absolute Gasteiger partial charge is 0.361 e. The number of anilines is 2. The Balaban J connectivity index is 1.55. The lowest BCUT2D eigenvalue weighted by Gasteiger charge is -2.32. The van der Waals surface area contributed by atoms with Gasteiger partial charge in [-0.2, -0.15) is 0 Å². The Hall–Kier alpha value is -2.77. The molecular weight excluding hydrogens is 367 g/mol. The van der Waals surface area contributed by atoms with E-state index >= 15 is 0 Å². The Labute approximate surface area is 170 Å². The highest BCUT2D eigenvalue weighted by Gasteiger charge is 2.19. The van der Waals surface area contributed by atoms with Gasteiger partial charge in [0.1, 0.15) is 5.82 Å². The standard InChI is InChI=1S/C22H27FN6/c1-15-20(14-29-12-10-28(3)11-13-29)25-16(2)21(15)19-8-9-24-22(27-19)26-18-6-4-17(23)5-7-18/h4-9,25H,10-14H2,1-3H3,(H,24,26,27). The van der Waals surface area contributed by atoms with Crippen LogP contribution in [0.15, 0.2) is 36.5 Å². The lowest BCUT2D eigenvalue weighted by atomic mass is 10.1. The molecule has 0 aliphatic carbocycles. The molecule has 2 N–H and O–H groups in total. The number of halogens is 1. The Bertz CT molecular complexity index is 973. The molecule has 1 aromatic carbocycles. The smallest absolute Gasteiger partial charge is 0.227 e. The highest BCUT2D eigenvalue weighted by atomic mass is 19.1. The summed E-state index contributed by atoms with van der Waals surface area (Å²) in [6, 6.07) is 8.10. The minimum atomic E-state index is -0.267. The van der Waals surface area contributed by atoms with Gasteiger partial charge in [-0.25, -0.2) is 14.4 Å². The first-order valence-corrected chi connectivity index (χ1v) is 9.94. The predicted molar refractivity (Wildman–Crippen MR) is 114 cm³/mol. The van der Waals surface area contributed by atoms with Crippen LogP contribution >= 0.6 is 0 Å². The lowest BCUT2D eigenvalue weighted by Crippen LogP contribution is -2.44. The van der Waals surface area contributed by atoms with Gasteiger partial charge in [-0.15, -0.1) is 0 Å². The average Bonchev–Trinajstić information content (AvgIpc) is 2.99. The number of nitrogens with one attached hydrogen (secondary N) is 2. The third kappa shape index (κ3) is 4.46. The van der Waals surface area contributed by atoms with Crippen LogP contribution in [0.2, 0.25) is 0 Å². The highest BCUT2D eigenvalue weighted by Crippen LogP contribution is 2.29. The third-order valence-electron chi connectivity index (χ3n) is 5.53. The van der Waals surface area contributed by atoms with Gasteiger partial charge in [0, 0.05) is 61.6 Å². The number of rotatable bonds is 5. The van der Waals surface area contributed by atoms with E-state index in [1.807, 2.05) is 6.07 Å². The normalized spacial score (nSPS) is 15.6. The van der Waals surface area contributed by atoms with E-state index in [9.17, 15) is 4.39 Å². The van der Waals surface area contributed by atoms with Crippen molar-refractivity contribution in [1.29, 1.82) is 0 Å². The van der Waals surface area contributed by atoms with Crippen LogP contribution in [0.25, 0.3) is 11.3 Å². The van der Waals surface area contributed by atoms with Crippen molar-refractivity contribution in [3.63, 3.8) is 0 Å². The molecule has 29 heavy (non-hydrogen) atoms. The SMILES string of the molecule is Cc1[nH]c(CN2CCN(C)CC2)c(C)c1-c1ccnc(Nc2ccc(F)cc2)n1. The quantitative estimate of drug-likeness (QED) is 0.691. The van der Waals surface area contributed by atoms with Crippen LogP contribution in [0.4, 0.5) is 16.0 Å². The molecule has 2 aromatic heterocycles. The van der Waals surface area contributed by atoms with E-state index in [1.54, 1.807) is 18.3 Å². The van der Waals surface area contributed by atoms with Crippen LogP contribution in [-0.2, 0) is 6.54 Å². The van der Waals surface area contributed by atoms with Gasteiger partial charge < -0.3 is 15.2 Å². The first-order chi connectivity index (χ1) is 14.0. The maximum atomic E-state index is 13.1. The van der Waals surface area contributed by atoms with Gasteiger partial charge in [-0.1, -0.05) is 0 Å². The van der Waals surface area contributed by atoms with Crippen LogP contribution in [-0.4, -0.2) is 58.0 Å². The summed E-state index contributed by atoms with van der Waals surface area (Å²) in [6.45, 7) is 9.55. The molecular formula is C22H27FN6. The van der Waals surface area contributed by atoms with E-state index < -0.39 is 0 Å². The van der Waals surface area contributed by atoms with Gasteiger partial charge in [0.15, 0.2) is 0 Å². The van der Waals surface area contributed by atoms with Crippen LogP contribution in [0.3, 0.4) is 0 Å². The molecule has 0 bridgehead atoms. The maximum Gasteiger partial charge on any atom is 0.227 e. The number of piperazine rings is 1. The molecule has 0 unspecified atom stereocenters. The van der Waals surface area contributed by atoms with Crippen LogP contribution < -0.4 is 5.32 Å². The summed E-state index contributed by atoms with van der Waals surface area (Å²) < 4.78 is 13.1. The van der Waals surface area contributed by atoms with Crippen LogP contribution in [0.1, 0.15) is 17.0 Å². The molecule has 6 nitrogen and oxygen atoms in total. The molecule has 3 heterocycles. The number of aromatic nitrogens is 3. The van der Waals surface area contributed by atoms with Crippen molar-refractivity contribution in [2.45, 2.75) is 20.4 Å². The Morgan fingerprint density at radius 3 is 2.52 bits per heavy atom. The van der Waals surface area contributed by atoms with Crippen molar-refractivity contribution in [3.8, 4) is 11.3 Å². The lowest BCUT2D eigenvalue weighted by molar-refractivity contribution is 0.147. The van der Waals surface area contributed by atoms with Crippen molar-refractivity contribution < 1.29 is 4.39 Å². The van der Waals surface area contributed by atoms with Gasteiger partial charge in [0.2, 0.25) is 5.95 Å². The minimum Gasteiger partial charge on any atom is -0.361 e. The summed E-state index contributed by atoms with van der Waals surface area (Å²) in [7, 11) is 2.17. The van der Waals surface area contributed by atoms with E-state index in [4.69, 9.17) is 4.98 Å². The summed E-state index contributed by atoms with van der Waals surface area (Å²) in [4.78, 5) is 17.4. The number of H-pyrrole nitrogens is 1. The Morgan fingerprint density at radius 2 is 1.79 bits per heavy atom. The van der Waals surface area contributed by atoms with Crippen LogP contribution in [0, 0.1) is 19.7 Å². The molecule has 0 atom stereocenters. The van der Waals surface area contributed by atoms with E-state index in [-0.39, 0.29) is 5.82 Å². The number of benzene rings is 1. The molecule has 0 spiro atoms. The zero-order valence-electron chi connectivity index (χ0n) is 17.2. The first-order valence-electron chi connectivity index (χ1n) is 9.94. The Kier molecular flexibility index (Phi) is 5.60. The fraction of sp³-hybridized carbons (Fsp3) is 0.364. The number of likely N-dealkylation sites (N-methyl/N-ethyl adjacent to an activating group) is 1. The predicted octanol–water partition coefficient (Wildman–Crippen LogP) is 3.72. The molecule has 0 amide bonds. The summed E-state index contributed by atoms with van der Waals surface area (Å²) in [5.74, 6) is 0.228. The molecule has 0 saturated carbocycles. The molecule has 1 aliphatic rings. The number of nitrogens with zero attached hydrogens (tertiary/aromatic N) is 4. The molecule has 0 radical (unpaired) electrons. The summed E-state index contributed by atoms with van der Waals surface area (Å²) in [6.07, 6.45) is 1.75. The van der Waals surface area contributed by atoms with Gasteiger partial charge >= 0.3 is 0 Å². The van der Waals surface area contributed by atoms with Crippen molar-refractivity contribution in [2.24, 2.45) is 0 Å². The zero-order chi connectivity index (χ0) is 20.4. The Morgan fingerprint density at radius 1 is 1.07 bits per heavy atom. The van der Waals surface area contributed by atoms with Gasteiger partial charge in [0.05, 0.1) is 5.69 Å².